The van der Waals surface area contributed by atoms with Gasteiger partial charge in [0.25, 0.3) is 5.91 Å². The molecular weight excluding hydrogens is 361 g/mol. The summed E-state index contributed by atoms with van der Waals surface area (Å²) in [6.45, 7) is 1.95. The first-order chi connectivity index (χ1) is 12.0. The molecule has 1 aromatic carbocycles. The summed E-state index contributed by atoms with van der Waals surface area (Å²) in [6.07, 6.45) is 0. The first-order valence-electron chi connectivity index (χ1n) is 7.37. The highest BCUT2D eigenvalue weighted by atomic mass is 32.1. The number of thiophene rings is 1. The van der Waals surface area contributed by atoms with Gasteiger partial charge in [0, 0.05) is 22.7 Å². The van der Waals surface area contributed by atoms with Crippen molar-refractivity contribution in [2.75, 3.05) is 5.32 Å². The minimum Gasteiger partial charge on any atom is -0.351 e. The average Bonchev–Trinajstić information content (AvgIpc) is 3.22. The average molecular weight is 375 g/mol. The number of nitrogens with zero attached hydrogens (tertiary/aromatic N) is 1. The van der Waals surface area contributed by atoms with Gasteiger partial charge in [-0.1, -0.05) is 6.07 Å². The zero-order valence-electron chi connectivity index (χ0n) is 13.2. The molecule has 0 aliphatic carbocycles. The summed E-state index contributed by atoms with van der Waals surface area (Å²) in [5.41, 5.74) is 0.990. The summed E-state index contributed by atoms with van der Waals surface area (Å²) in [6, 6.07) is 9.35. The van der Waals surface area contributed by atoms with Gasteiger partial charge in [-0.2, -0.15) is 0 Å². The molecular formula is C17H14FN3O2S2. The van der Waals surface area contributed by atoms with Gasteiger partial charge in [0.15, 0.2) is 5.13 Å². The van der Waals surface area contributed by atoms with Crippen LogP contribution in [0.25, 0.3) is 10.6 Å². The predicted octanol–water partition coefficient (Wildman–Crippen LogP) is 3.90. The van der Waals surface area contributed by atoms with E-state index in [4.69, 9.17) is 0 Å². The Morgan fingerprint density at radius 1 is 1.24 bits per heavy atom. The van der Waals surface area contributed by atoms with Crippen molar-refractivity contribution < 1.29 is 14.0 Å². The normalized spacial score (nSPS) is 10.5. The minimum atomic E-state index is -0.460. The Bertz CT molecular complexity index is 920. The number of benzene rings is 1. The first kappa shape index (κ1) is 17.2. The molecule has 3 aromatic rings. The van der Waals surface area contributed by atoms with Crippen molar-refractivity contribution in [3.8, 4) is 10.6 Å². The summed E-state index contributed by atoms with van der Waals surface area (Å²) in [4.78, 5) is 29.4. The van der Waals surface area contributed by atoms with E-state index in [1.165, 1.54) is 47.8 Å². The number of carbonyl (C=O) groups excluding carboxylic acids is 2. The van der Waals surface area contributed by atoms with E-state index in [2.05, 4.69) is 15.6 Å². The Balaban J connectivity index is 1.68. The summed E-state index contributed by atoms with van der Waals surface area (Å²) >= 11 is 2.82. The number of anilines is 1. The van der Waals surface area contributed by atoms with Gasteiger partial charge in [-0.25, -0.2) is 9.37 Å². The fourth-order valence-corrected chi connectivity index (χ4v) is 3.75. The Hall–Kier alpha value is -2.58. The van der Waals surface area contributed by atoms with E-state index in [0.29, 0.717) is 11.7 Å². The van der Waals surface area contributed by atoms with Crippen LogP contribution in [0.15, 0.2) is 41.8 Å². The van der Waals surface area contributed by atoms with Crippen LogP contribution >= 0.6 is 22.7 Å². The van der Waals surface area contributed by atoms with Gasteiger partial charge >= 0.3 is 0 Å². The second-order valence-corrected chi connectivity index (χ2v) is 7.20. The van der Waals surface area contributed by atoms with Crippen molar-refractivity contribution >= 4 is 39.6 Å². The summed E-state index contributed by atoms with van der Waals surface area (Å²) in [5, 5.41) is 7.71. The molecule has 2 aromatic heterocycles. The highest BCUT2D eigenvalue weighted by Gasteiger charge is 2.12. The van der Waals surface area contributed by atoms with Crippen molar-refractivity contribution in [1.29, 1.82) is 0 Å². The Morgan fingerprint density at radius 2 is 2.08 bits per heavy atom. The monoisotopic (exact) mass is 375 g/mol. The molecule has 0 aliphatic heterocycles. The number of hydrogen-bond acceptors (Lipinski definition) is 5. The van der Waals surface area contributed by atoms with Gasteiger partial charge in [0.2, 0.25) is 5.91 Å². The van der Waals surface area contributed by atoms with Crippen molar-refractivity contribution in [2.45, 2.75) is 13.5 Å². The third kappa shape index (κ3) is 4.49. The third-order valence-corrected chi connectivity index (χ3v) is 5.10. The molecule has 0 radical (unpaired) electrons. The highest BCUT2D eigenvalue weighted by Crippen LogP contribution is 2.31. The molecule has 0 saturated carbocycles. The number of thiazole rings is 1. The molecule has 0 aliphatic rings. The smallest absolute Gasteiger partial charge is 0.257 e. The van der Waals surface area contributed by atoms with Crippen LogP contribution in [0.4, 0.5) is 9.52 Å². The number of aromatic nitrogens is 1. The number of nitrogens with one attached hydrogen (secondary N) is 2. The molecule has 8 heteroatoms. The highest BCUT2D eigenvalue weighted by molar-refractivity contribution is 7.17. The van der Waals surface area contributed by atoms with Gasteiger partial charge < -0.3 is 5.32 Å². The molecule has 2 amide bonds. The lowest BCUT2D eigenvalue weighted by Gasteiger charge is -2.01. The number of rotatable bonds is 5. The van der Waals surface area contributed by atoms with Crippen LogP contribution in [0, 0.1) is 5.82 Å². The fourth-order valence-electron chi connectivity index (χ4n) is 2.07. The standard InChI is InChI=1S/C17H14FN3O2S2/c1-10(22)19-8-13-5-6-15(25-13)14-9-24-17(20-14)21-16(23)11-3-2-4-12(18)7-11/h2-7,9H,8H2,1H3,(H,19,22)(H,20,21,23). The molecule has 3 rings (SSSR count). The molecule has 0 atom stereocenters. The molecule has 0 unspecified atom stereocenters. The lowest BCUT2D eigenvalue weighted by molar-refractivity contribution is -0.119. The van der Waals surface area contributed by atoms with E-state index < -0.39 is 11.7 Å². The topological polar surface area (TPSA) is 71.1 Å². The Labute approximate surface area is 151 Å². The lowest BCUT2D eigenvalue weighted by atomic mass is 10.2. The van der Waals surface area contributed by atoms with Gasteiger partial charge in [-0.3, -0.25) is 14.9 Å². The number of carbonyl (C=O) groups is 2. The minimum absolute atomic E-state index is 0.0778. The zero-order chi connectivity index (χ0) is 17.8. The zero-order valence-corrected chi connectivity index (χ0v) is 14.8. The van der Waals surface area contributed by atoms with Crippen LogP contribution in [-0.4, -0.2) is 16.8 Å². The van der Waals surface area contributed by atoms with Crippen molar-refractivity contribution in [2.24, 2.45) is 0 Å². The molecule has 2 N–H and O–H groups in total. The second-order valence-electron chi connectivity index (χ2n) is 5.18. The number of amides is 2. The van der Waals surface area contributed by atoms with Crippen molar-refractivity contribution in [1.82, 2.24) is 10.3 Å². The fraction of sp³-hybridized carbons (Fsp3) is 0.118. The quantitative estimate of drug-likeness (QED) is 0.710. The van der Waals surface area contributed by atoms with Gasteiger partial charge in [0.1, 0.15) is 5.82 Å². The molecule has 0 spiro atoms. The summed E-state index contributed by atoms with van der Waals surface area (Å²) in [5.74, 6) is -0.943. The van der Waals surface area contributed by atoms with E-state index >= 15 is 0 Å². The maximum absolute atomic E-state index is 13.2. The van der Waals surface area contributed by atoms with E-state index in [9.17, 15) is 14.0 Å². The lowest BCUT2D eigenvalue weighted by Crippen LogP contribution is -2.17. The molecule has 128 valence electrons. The third-order valence-electron chi connectivity index (χ3n) is 3.24. The Morgan fingerprint density at radius 3 is 2.84 bits per heavy atom. The molecule has 5 nitrogen and oxygen atoms in total. The molecule has 2 heterocycles. The summed E-state index contributed by atoms with van der Waals surface area (Å²) < 4.78 is 13.2. The number of hydrogen-bond donors (Lipinski definition) is 2. The van der Waals surface area contributed by atoms with Crippen molar-refractivity contribution in [3.63, 3.8) is 0 Å². The second kappa shape index (κ2) is 7.54. The van der Waals surface area contributed by atoms with Gasteiger partial charge in [0.05, 0.1) is 17.1 Å². The van der Waals surface area contributed by atoms with E-state index in [-0.39, 0.29) is 11.5 Å². The van der Waals surface area contributed by atoms with Gasteiger partial charge in [-0.05, 0) is 30.3 Å². The van der Waals surface area contributed by atoms with Crippen LogP contribution in [-0.2, 0) is 11.3 Å². The molecule has 0 fully saturated rings. The maximum Gasteiger partial charge on any atom is 0.257 e. The van der Waals surface area contributed by atoms with Crippen LogP contribution in [0.2, 0.25) is 0 Å². The molecule has 25 heavy (non-hydrogen) atoms. The van der Waals surface area contributed by atoms with Crippen LogP contribution in [0.5, 0.6) is 0 Å². The maximum atomic E-state index is 13.2. The first-order valence-corrected chi connectivity index (χ1v) is 9.07. The summed E-state index contributed by atoms with van der Waals surface area (Å²) in [7, 11) is 0. The van der Waals surface area contributed by atoms with Crippen molar-refractivity contribution in [3.05, 3.63) is 58.0 Å². The molecule has 0 saturated heterocycles. The predicted molar refractivity (Wildman–Crippen MR) is 97.3 cm³/mol. The SMILES string of the molecule is CC(=O)NCc1ccc(-c2csc(NC(=O)c3cccc(F)c3)n2)s1. The van der Waals surface area contributed by atoms with Crippen LogP contribution in [0.3, 0.4) is 0 Å². The number of halogens is 1. The van der Waals surface area contributed by atoms with Gasteiger partial charge in [-0.15, -0.1) is 22.7 Å². The Kier molecular flexibility index (Phi) is 5.20. The largest absolute Gasteiger partial charge is 0.351 e. The van der Waals surface area contributed by atoms with Crippen LogP contribution in [0.1, 0.15) is 22.2 Å². The van der Waals surface area contributed by atoms with E-state index in [1.54, 1.807) is 6.07 Å². The molecule has 0 bridgehead atoms. The van der Waals surface area contributed by atoms with E-state index in [1.807, 2.05) is 17.5 Å². The van der Waals surface area contributed by atoms with E-state index in [0.717, 1.165) is 15.4 Å². The van der Waals surface area contributed by atoms with Crippen LogP contribution < -0.4 is 10.6 Å².